The van der Waals surface area contributed by atoms with E-state index in [2.05, 4.69) is 6.92 Å². The summed E-state index contributed by atoms with van der Waals surface area (Å²) in [7, 11) is 0. The molecular weight excluding hydrogens is 246 g/mol. The first-order valence-corrected chi connectivity index (χ1v) is 7.10. The lowest BCUT2D eigenvalue weighted by atomic mass is 9.99. The molecule has 18 heavy (non-hydrogen) atoms. The highest BCUT2D eigenvalue weighted by Crippen LogP contribution is 2.28. The van der Waals surface area contributed by atoms with Crippen LogP contribution in [0.3, 0.4) is 0 Å². The van der Waals surface area contributed by atoms with E-state index in [-0.39, 0.29) is 17.9 Å². The van der Waals surface area contributed by atoms with Crippen molar-refractivity contribution in [3.8, 4) is 0 Å². The molecule has 0 aliphatic carbocycles. The Balaban J connectivity index is 2.12. The lowest BCUT2D eigenvalue weighted by Crippen LogP contribution is -2.40. The van der Waals surface area contributed by atoms with Gasteiger partial charge in [-0.1, -0.05) is 37.3 Å². The molecule has 98 valence electrons. The monoisotopic (exact) mass is 265 g/mol. The van der Waals surface area contributed by atoms with Gasteiger partial charge in [-0.2, -0.15) is 0 Å². The maximum Gasteiger partial charge on any atom is 0.230 e. The molecule has 2 rings (SSSR count). The van der Waals surface area contributed by atoms with Gasteiger partial charge in [-0.25, -0.2) is 0 Å². The first-order chi connectivity index (χ1) is 8.65. The molecule has 0 bridgehead atoms. The number of nitrogens with zero attached hydrogens (tertiary/aromatic N) is 1. The van der Waals surface area contributed by atoms with E-state index in [4.69, 9.17) is 11.6 Å². The maximum absolute atomic E-state index is 12.5. The Kier molecular flexibility index (Phi) is 4.28. The Hall–Kier alpha value is -1.02. The number of halogens is 1. The topological polar surface area (TPSA) is 20.3 Å². The van der Waals surface area contributed by atoms with Gasteiger partial charge in [-0.3, -0.25) is 4.79 Å². The molecule has 0 N–H and O–H groups in total. The smallest absolute Gasteiger partial charge is 0.230 e. The maximum atomic E-state index is 12.5. The summed E-state index contributed by atoms with van der Waals surface area (Å²) in [6, 6.07) is 10.1. The average molecular weight is 266 g/mol. The van der Waals surface area contributed by atoms with Crippen LogP contribution in [0.1, 0.15) is 31.7 Å². The van der Waals surface area contributed by atoms with E-state index < -0.39 is 0 Å². The van der Waals surface area contributed by atoms with E-state index >= 15 is 0 Å². The highest BCUT2D eigenvalue weighted by molar-refractivity contribution is 6.18. The molecule has 2 nitrogen and oxygen atoms in total. The van der Waals surface area contributed by atoms with Crippen LogP contribution in [0.4, 0.5) is 0 Å². The molecule has 1 aliphatic rings. The lowest BCUT2D eigenvalue weighted by Gasteiger charge is -2.28. The fourth-order valence-corrected chi connectivity index (χ4v) is 3.12. The summed E-state index contributed by atoms with van der Waals surface area (Å²) in [6.45, 7) is 4.99. The lowest BCUT2D eigenvalue weighted by molar-refractivity contribution is -0.133. The number of amides is 1. The van der Waals surface area contributed by atoms with Gasteiger partial charge < -0.3 is 4.90 Å². The number of likely N-dealkylation sites (tertiary alicyclic amines) is 1. The van der Waals surface area contributed by atoms with E-state index in [1.165, 1.54) is 0 Å². The molecule has 3 heteroatoms. The van der Waals surface area contributed by atoms with Crippen LogP contribution in [0.2, 0.25) is 0 Å². The summed E-state index contributed by atoms with van der Waals surface area (Å²) < 4.78 is 0. The van der Waals surface area contributed by atoms with Crippen molar-refractivity contribution in [2.75, 3.05) is 12.4 Å². The minimum atomic E-state index is -0.0813. The molecule has 0 saturated carbocycles. The van der Waals surface area contributed by atoms with Crippen LogP contribution in [0.5, 0.6) is 0 Å². The van der Waals surface area contributed by atoms with Crippen molar-refractivity contribution in [3.63, 3.8) is 0 Å². The van der Waals surface area contributed by atoms with Crippen LogP contribution < -0.4 is 0 Å². The number of rotatable bonds is 3. The summed E-state index contributed by atoms with van der Waals surface area (Å²) >= 11 is 6.00. The van der Waals surface area contributed by atoms with Gasteiger partial charge in [0.25, 0.3) is 0 Å². The van der Waals surface area contributed by atoms with Gasteiger partial charge in [0, 0.05) is 18.5 Å². The van der Waals surface area contributed by atoms with Crippen LogP contribution >= 0.6 is 11.6 Å². The average Bonchev–Trinajstić information content (AvgIpc) is 2.79. The number of hydrogen-bond acceptors (Lipinski definition) is 1. The summed E-state index contributed by atoms with van der Waals surface area (Å²) in [6.07, 6.45) is 1.06. The van der Waals surface area contributed by atoms with Crippen LogP contribution in [-0.2, 0) is 4.79 Å². The fourth-order valence-electron chi connectivity index (χ4n) is 2.65. The Morgan fingerprint density at radius 1 is 1.44 bits per heavy atom. The van der Waals surface area contributed by atoms with Crippen molar-refractivity contribution in [3.05, 3.63) is 35.9 Å². The van der Waals surface area contributed by atoms with Crippen LogP contribution in [0.15, 0.2) is 30.3 Å². The standard InChI is InChI=1S/C15H20ClNO/c1-11-8-9-17(14(11)10-16)15(18)12(2)13-6-4-3-5-7-13/h3-7,11-12,14H,8-10H2,1-2H3. The first kappa shape index (κ1) is 13.4. The van der Waals surface area contributed by atoms with Crippen molar-refractivity contribution in [1.29, 1.82) is 0 Å². The molecule has 0 radical (unpaired) electrons. The molecule has 3 atom stereocenters. The zero-order valence-electron chi connectivity index (χ0n) is 11.0. The molecule has 1 heterocycles. The van der Waals surface area contributed by atoms with E-state index in [1.807, 2.05) is 42.2 Å². The number of carbonyl (C=O) groups is 1. The Labute approximate surface area is 114 Å². The molecule has 1 fully saturated rings. The third kappa shape index (κ3) is 2.54. The molecule has 1 aliphatic heterocycles. The Morgan fingerprint density at radius 3 is 2.72 bits per heavy atom. The molecule has 1 saturated heterocycles. The molecule has 3 unspecified atom stereocenters. The summed E-state index contributed by atoms with van der Waals surface area (Å²) in [5.41, 5.74) is 1.08. The van der Waals surface area contributed by atoms with Crippen LogP contribution in [0.25, 0.3) is 0 Å². The largest absolute Gasteiger partial charge is 0.338 e. The summed E-state index contributed by atoms with van der Waals surface area (Å²) in [4.78, 5) is 14.5. The van der Waals surface area contributed by atoms with Crippen molar-refractivity contribution in [1.82, 2.24) is 4.90 Å². The molecule has 0 aromatic heterocycles. The SMILES string of the molecule is CC(C(=O)N1CCC(C)C1CCl)c1ccccc1. The third-order valence-corrected chi connectivity index (χ3v) is 4.31. The third-order valence-electron chi connectivity index (χ3n) is 3.99. The quantitative estimate of drug-likeness (QED) is 0.768. The Bertz CT molecular complexity index is 406. The van der Waals surface area contributed by atoms with E-state index in [0.717, 1.165) is 18.5 Å². The van der Waals surface area contributed by atoms with Crippen molar-refractivity contribution in [2.24, 2.45) is 5.92 Å². The van der Waals surface area contributed by atoms with E-state index in [0.29, 0.717) is 11.8 Å². The van der Waals surface area contributed by atoms with Gasteiger partial charge in [-0.05, 0) is 24.8 Å². The van der Waals surface area contributed by atoms with Gasteiger partial charge in [0.05, 0.1) is 5.92 Å². The number of benzene rings is 1. The predicted molar refractivity (Wildman–Crippen MR) is 74.9 cm³/mol. The second-order valence-electron chi connectivity index (χ2n) is 5.15. The summed E-state index contributed by atoms with van der Waals surface area (Å²) in [5.74, 6) is 1.17. The van der Waals surface area contributed by atoms with Crippen molar-refractivity contribution in [2.45, 2.75) is 32.2 Å². The van der Waals surface area contributed by atoms with Crippen LogP contribution in [0, 0.1) is 5.92 Å². The van der Waals surface area contributed by atoms with E-state index in [9.17, 15) is 4.79 Å². The molecule has 1 aromatic carbocycles. The Morgan fingerprint density at radius 2 is 2.11 bits per heavy atom. The highest BCUT2D eigenvalue weighted by atomic mass is 35.5. The van der Waals surface area contributed by atoms with Gasteiger partial charge in [0.15, 0.2) is 0 Å². The molecule has 1 aromatic rings. The fraction of sp³-hybridized carbons (Fsp3) is 0.533. The van der Waals surface area contributed by atoms with Gasteiger partial charge in [0.1, 0.15) is 0 Å². The minimum absolute atomic E-state index is 0.0813. The number of carbonyl (C=O) groups excluding carboxylic acids is 1. The van der Waals surface area contributed by atoms with Crippen LogP contribution in [-0.4, -0.2) is 29.3 Å². The number of hydrogen-bond donors (Lipinski definition) is 0. The predicted octanol–water partition coefficient (Wildman–Crippen LogP) is 3.27. The highest BCUT2D eigenvalue weighted by Gasteiger charge is 2.35. The second-order valence-corrected chi connectivity index (χ2v) is 5.46. The first-order valence-electron chi connectivity index (χ1n) is 6.56. The zero-order valence-corrected chi connectivity index (χ0v) is 11.7. The van der Waals surface area contributed by atoms with Crippen molar-refractivity contribution < 1.29 is 4.79 Å². The van der Waals surface area contributed by atoms with Gasteiger partial charge in [-0.15, -0.1) is 11.6 Å². The molecule has 0 spiro atoms. The molecular formula is C15H20ClNO. The zero-order chi connectivity index (χ0) is 13.1. The van der Waals surface area contributed by atoms with E-state index in [1.54, 1.807) is 0 Å². The summed E-state index contributed by atoms with van der Waals surface area (Å²) in [5, 5.41) is 0. The second kappa shape index (κ2) is 5.75. The van der Waals surface area contributed by atoms with Gasteiger partial charge in [0.2, 0.25) is 5.91 Å². The number of alkyl halides is 1. The van der Waals surface area contributed by atoms with Crippen molar-refractivity contribution >= 4 is 17.5 Å². The molecule has 1 amide bonds. The minimum Gasteiger partial charge on any atom is -0.338 e. The normalized spacial score (nSPS) is 25.2. The van der Waals surface area contributed by atoms with Gasteiger partial charge >= 0.3 is 0 Å².